The molecule has 1 aliphatic rings. The Hall–Kier alpha value is -2.58. The molecule has 1 N–H and O–H groups in total. The Kier molecular flexibility index (Phi) is 4.64. The maximum atomic E-state index is 13.3. The van der Waals surface area contributed by atoms with Crippen LogP contribution in [0.5, 0.6) is 0 Å². The number of amides is 1. The number of carbonyl (C=O) groups excluding carboxylic acids is 2. The van der Waals surface area contributed by atoms with Crippen LogP contribution in [0.25, 0.3) is 11.0 Å². The molecule has 26 heavy (non-hydrogen) atoms. The largest absolute Gasteiger partial charge is 0.467 e. The van der Waals surface area contributed by atoms with Gasteiger partial charge in [-0.15, -0.1) is 0 Å². The number of hydrogen-bond acceptors (Lipinski definition) is 4. The molecule has 0 radical (unpaired) electrons. The van der Waals surface area contributed by atoms with Gasteiger partial charge in [0.25, 0.3) is 0 Å². The molecular formula is C17H18F3N3O3. The SMILES string of the molecule is COC(=O)C1(NC(=O)Cn2c(C(F)(F)F)nc3ccccc32)CCCC1. The molecule has 0 unspecified atom stereocenters. The quantitative estimate of drug-likeness (QED) is 0.841. The highest BCUT2D eigenvalue weighted by atomic mass is 19.4. The highest BCUT2D eigenvalue weighted by Crippen LogP contribution is 2.33. The predicted molar refractivity (Wildman–Crippen MR) is 86.1 cm³/mol. The molecule has 3 rings (SSSR count). The first-order valence-electron chi connectivity index (χ1n) is 8.19. The van der Waals surface area contributed by atoms with Crippen LogP contribution in [0, 0.1) is 0 Å². The fourth-order valence-electron chi connectivity index (χ4n) is 3.46. The van der Waals surface area contributed by atoms with Gasteiger partial charge in [0.05, 0.1) is 18.1 Å². The number of benzene rings is 1. The van der Waals surface area contributed by atoms with Crippen molar-refractivity contribution in [1.29, 1.82) is 0 Å². The van der Waals surface area contributed by atoms with Crippen molar-refractivity contribution >= 4 is 22.9 Å². The van der Waals surface area contributed by atoms with Gasteiger partial charge in [-0.1, -0.05) is 25.0 Å². The van der Waals surface area contributed by atoms with Gasteiger partial charge in [-0.25, -0.2) is 9.78 Å². The minimum absolute atomic E-state index is 0.149. The standard InChI is InChI=1S/C17H18F3N3O3/c1-26-15(25)16(8-4-5-9-16)22-13(24)10-23-12-7-3-2-6-11(12)21-14(23)17(18,19)20/h2-3,6-7H,4-5,8-10H2,1H3,(H,22,24). The lowest BCUT2D eigenvalue weighted by molar-refractivity contribution is -0.152. The van der Waals surface area contributed by atoms with Crippen LogP contribution in [-0.4, -0.2) is 34.1 Å². The fourth-order valence-corrected chi connectivity index (χ4v) is 3.46. The fraction of sp³-hybridized carbons (Fsp3) is 0.471. The molecule has 2 aromatic rings. The van der Waals surface area contributed by atoms with Crippen LogP contribution in [0.1, 0.15) is 31.5 Å². The number of imidazole rings is 1. The van der Waals surface area contributed by atoms with Gasteiger partial charge < -0.3 is 14.6 Å². The van der Waals surface area contributed by atoms with Crippen molar-refractivity contribution in [3.05, 3.63) is 30.1 Å². The van der Waals surface area contributed by atoms with E-state index in [1.54, 1.807) is 12.1 Å². The summed E-state index contributed by atoms with van der Waals surface area (Å²) in [5.74, 6) is -2.41. The second-order valence-electron chi connectivity index (χ2n) is 6.34. The number of alkyl halides is 3. The Labute approximate surface area is 147 Å². The monoisotopic (exact) mass is 369 g/mol. The number of nitrogens with zero attached hydrogens (tertiary/aromatic N) is 2. The maximum Gasteiger partial charge on any atom is 0.449 e. The van der Waals surface area contributed by atoms with Crippen LogP contribution in [0.4, 0.5) is 13.2 Å². The molecule has 140 valence electrons. The van der Waals surface area contributed by atoms with Crippen molar-refractivity contribution in [2.24, 2.45) is 0 Å². The molecule has 0 spiro atoms. The molecule has 0 saturated heterocycles. The molecule has 1 fully saturated rings. The average Bonchev–Trinajstić information content (AvgIpc) is 3.20. The molecule has 0 atom stereocenters. The zero-order valence-electron chi connectivity index (χ0n) is 14.1. The predicted octanol–water partition coefficient (Wildman–Crippen LogP) is 2.66. The van der Waals surface area contributed by atoms with E-state index >= 15 is 0 Å². The number of methoxy groups -OCH3 is 1. The number of fused-ring (bicyclic) bond motifs is 1. The van der Waals surface area contributed by atoms with Crippen LogP contribution in [-0.2, 0) is 27.0 Å². The van der Waals surface area contributed by atoms with E-state index in [-0.39, 0.29) is 11.0 Å². The van der Waals surface area contributed by atoms with Crippen LogP contribution >= 0.6 is 0 Å². The molecule has 0 bridgehead atoms. The Morgan fingerprint density at radius 3 is 2.54 bits per heavy atom. The van der Waals surface area contributed by atoms with Gasteiger partial charge in [-0.05, 0) is 25.0 Å². The van der Waals surface area contributed by atoms with Crippen LogP contribution in [0.15, 0.2) is 24.3 Å². The zero-order valence-corrected chi connectivity index (χ0v) is 14.1. The first kappa shape index (κ1) is 18.2. The summed E-state index contributed by atoms with van der Waals surface area (Å²) in [6.07, 6.45) is -2.43. The first-order chi connectivity index (χ1) is 12.3. The molecule has 6 nitrogen and oxygen atoms in total. The first-order valence-corrected chi connectivity index (χ1v) is 8.19. The molecule has 1 amide bonds. The summed E-state index contributed by atoms with van der Waals surface area (Å²) in [4.78, 5) is 28.2. The lowest BCUT2D eigenvalue weighted by atomic mass is 9.97. The normalized spacial score (nSPS) is 16.6. The third kappa shape index (κ3) is 3.25. The van der Waals surface area contributed by atoms with Crippen LogP contribution in [0.3, 0.4) is 0 Å². The number of nitrogens with one attached hydrogen (secondary N) is 1. The number of para-hydroxylation sites is 2. The number of rotatable bonds is 4. The molecule has 1 aliphatic carbocycles. The van der Waals surface area contributed by atoms with E-state index in [1.165, 1.54) is 19.2 Å². The highest BCUT2D eigenvalue weighted by molar-refractivity contribution is 5.89. The second kappa shape index (κ2) is 6.62. The number of hydrogen-bond donors (Lipinski definition) is 1. The third-order valence-corrected chi connectivity index (χ3v) is 4.62. The number of carbonyl (C=O) groups is 2. The van der Waals surface area contributed by atoms with E-state index < -0.39 is 36.0 Å². The van der Waals surface area contributed by atoms with Gasteiger partial charge in [0.15, 0.2) is 0 Å². The van der Waals surface area contributed by atoms with E-state index in [1.807, 2.05) is 0 Å². The minimum atomic E-state index is -4.70. The van der Waals surface area contributed by atoms with Gasteiger partial charge in [0, 0.05) is 0 Å². The van der Waals surface area contributed by atoms with Crippen molar-refractivity contribution in [2.45, 2.75) is 43.9 Å². The Bertz CT molecular complexity index is 839. The Morgan fingerprint density at radius 1 is 1.27 bits per heavy atom. The van der Waals surface area contributed by atoms with E-state index in [0.717, 1.165) is 17.4 Å². The van der Waals surface area contributed by atoms with E-state index in [0.29, 0.717) is 12.8 Å². The van der Waals surface area contributed by atoms with Crippen molar-refractivity contribution in [2.75, 3.05) is 7.11 Å². The van der Waals surface area contributed by atoms with Gasteiger partial charge in [0.2, 0.25) is 11.7 Å². The summed E-state index contributed by atoms with van der Waals surface area (Å²) in [5.41, 5.74) is -0.814. The summed E-state index contributed by atoms with van der Waals surface area (Å²) in [6, 6.07) is 6.07. The van der Waals surface area contributed by atoms with E-state index in [9.17, 15) is 22.8 Å². The number of esters is 1. The summed E-state index contributed by atoms with van der Waals surface area (Å²) in [7, 11) is 1.22. The summed E-state index contributed by atoms with van der Waals surface area (Å²) in [5, 5.41) is 2.60. The Morgan fingerprint density at radius 2 is 1.92 bits per heavy atom. The summed E-state index contributed by atoms with van der Waals surface area (Å²) in [6.45, 7) is -0.589. The smallest absolute Gasteiger partial charge is 0.449 e. The van der Waals surface area contributed by atoms with Crippen molar-refractivity contribution < 1.29 is 27.5 Å². The van der Waals surface area contributed by atoms with Crippen molar-refractivity contribution in [1.82, 2.24) is 14.9 Å². The number of ether oxygens (including phenoxy) is 1. The Balaban J connectivity index is 1.91. The summed E-state index contributed by atoms with van der Waals surface area (Å²) < 4.78 is 45.5. The molecule has 1 aromatic carbocycles. The van der Waals surface area contributed by atoms with E-state index in [4.69, 9.17) is 4.74 Å². The summed E-state index contributed by atoms with van der Waals surface area (Å²) >= 11 is 0. The molecule has 1 aromatic heterocycles. The lowest BCUT2D eigenvalue weighted by Gasteiger charge is -2.27. The third-order valence-electron chi connectivity index (χ3n) is 4.62. The van der Waals surface area contributed by atoms with Crippen molar-refractivity contribution in [3.8, 4) is 0 Å². The maximum absolute atomic E-state index is 13.3. The van der Waals surface area contributed by atoms with Gasteiger partial charge in [-0.3, -0.25) is 4.79 Å². The second-order valence-corrected chi connectivity index (χ2v) is 6.34. The average molecular weight is 369 g/mol. The topological polar surface area (TPSA) is 73.2 Å². The van der Waals surface area contributed by atoms with Gasteiger partial charge in [-0.2, -0.15) is 13.2 Å². The number of halogens is 3. The molecule has 9 heteroatoms. The molecular weight excluding hydrogens is 351 g/mol. The zero-order chi connectivity index (χ0) is 18.9. The molecule has 1 heterocycles. The van der Waals surface area contributed by atoms with E-state index in [2.05, 4.69) is 10.3 Å². The minimum Gasteiger partial charge on any atom is -0.467 e. The van der Waals surface area contributed by atoms with Crippen molar-refractivity contribution in [3.63, 3.8) is 0 Å². The lowest BCUT2D eigenvalue weighted by Crippen LogP contribution is -2.54. The molecule has 1 saturated carbocycles. The van der Waals surface area contributed by atoms with Gasteiger partial charge >= 0.3 is 12.1 Å². The van der Waals surface area contributed by atoms with Gasteiger partial charge in [0.1, 0.15) is 12.1 Å². The number of aromatic nitrogens is 2. The highest BCUT2D eigenvalue weighted by Gasteiger charge is 2.44. The van der Waals surface area contributed by atoms with Crippen LogP contribution in [0.2, 0.25) is 0 Å². The molecule has 0 aliphatic heterocycles. The van der Waals surface area contributed by atoms with Crippen LogP contribution < -0.4 is 5.32 Å².